The number of allylic oxidation sites excluding steroid dienone is 1. The van der Waals surface area contributed by atoms with Crippen molar-refractivity contribution in [2.24, 2.45) is 0 Å². The molecule has 0 saturated carbocycles. The van der Waals surface area contributed by atoms with Crippen LogP contribution in [0.3, 0.4) is 0 Å². The van der Waals surface area contributed by atoms with Crippen LogP contribution < -0.4 is 4.72 Å². The van der Waals surface area contributed by atoms with Gasteiger partial charge >= 0.3 is 6.09 Å². The van der Waals surface area contributed by atoms with Crippen molar-refractivity contribution in [1.82, 2.24) is 9.62 Å². The van der Waals surface area contributed by atoms with Crippen molar-refractivity contribution >= 4 is 17.1 Å². The summed E-state index contributed by atoms with van der Waals surface area (Å²) < 4.78 is 20.0. The minimum Gasteiger partial charge on any atom is -0.443 e. The molecule has 1 aliphatic heterocycles. The van der Waals surface area contributed by atoms with Crippen molar-refractivity contribution < 1.29 is 13.7 Å². The Balaban J connectivity index is 2.78. The van der Waals surface area contributed by atoms with E-state index in [1.807, 2.05) is 41.5 Å². The zero-order chi connectivity index (χ0) is 16.3. The Morgan fingerprint density at radius 1 is 1.24 bits per heavy atom. The van der Waals surface area contributed by atoms with E-state index in [1.165, 1.54) is 0 Å². The fraction of sp³-hybridized carbons (Fsp3) is 0.800. The molecular formula is C15H28N2O3S. The van der Waals surface area contributed by atoms with Gasteiger partial charge in [-0.15, -0.1) is 0 Å². The Morgan fingerprint density at radius 3 is 2.38 bits per heavy atom. The first kappa shape index (κ1) is 18.0. The lowest BCUT2D eigenvalue weighted by Gasteiger charge is -2.32. The third-order valence-electron chi connectivity index (χ3n) is 2.91. The topological polar surface area (TPSA) is 58.6 Å². The minimum atomic E-state index is -1.19. The van der Waals surface area contributed by atoms with E-state index in [9.17, 15) is 9.00 Å². The summed E-state index contributed by atoms with van der Waals surface area (Å²) in [6.07, 6.45) is 4.13. The van der Waals surface area contributed by atoms with Gasteiger partial charge in [0.05, 0.1) is 4.75 Å². The lowest BCUT2D eigenvalue weighted by atomic mass is 10.1. The number of amides is 1. The van der Waals surface area contributed by atoms with Crippen LogP contribution in [0.25, 0.3) is 0 Å². The van der Waals surface area contributed by atoms with E-state index < -0.39 is 16.6 Å². The molecule has 0 bridgehead atoms. The van der Waals surface area contributed by atoms with Crippen molar-refractivity contribution in [3.8, 4) is 0 Å². The largest absolute Gasteiger partial charge is 0.443 e. The second kappa shape index (κ2) is 6.81. The van der Waals surface area contributed by atoms with Gasteiger partial charge in [-0.05, 0) is 60.8 Å². The molecule has 1 aliphatic rings. The van der Waals surface area contributed by atoms with Crippen LogP contribution in [-0.2, 0) is 15.7 Å². The van der Waals surface area contributed by atoms with Crippen LogP contribution in [0.5, 0.6) is 0 Å². The molecule has 1 atom stereocenters. The van der Waals surface area contributed by atoms with Gasteiger partial charge in [-0.25, -0.2) is 9.00 Å². The fourth-order valence-corrected chi connectivity index (χ4v) is 2.43. The molecule has 122 valence electrons. The van der Waals surface area contributed by atoms with E-state index in [4.69, 9.17) is 4.74 Å². The van der Waals surface area contributed by atoms with Crippen molar-refractivity contribution in [2.45, 2.75) is 71.2 Å². The molecular weight excluding hydrogens is 288 g/mol. The van der Waals surface area contributed by atoms with E-state index in [0.717, 1.165) is 25.0 Å². The monoisotopic (exact) mass is 316 g/mol. The van der Waals surface area contributed by atoms with E-state index in [1.54, 1.807) is 11.1 Å². The highest BCUT2D eigenvalue weighted by atomic mass is 32.2. The van der Waals surface area contributed by atoms with Crippen LogP contribution in [0.15, 0.2) is 11.9 Å². The predicted molar refractivity (Wildman–Crippen MR) is 85.9 cm³/mol. The van der Waals surface area contributed by atoms with E-state index in [2.05, 4.69) is 4.72 Å². The number of rotatable bonds is 2. The normalized spacial score (nSPS) is 20.3. The molecule has 0 aliphatic carbocycles. The van der Waals surface area contributed by atoms with E-state index >= 15 is 0 Å². The summed E-state index contributed by atoms with van der Waals surface area (Å²) in [6.45, 7) is 11.9. The van der Waals surface area contributed by atoms with Crippen molar-refractivity contribution in [2.75, 3.05) is 6.54 Å². The molecule has 1 saturated heterocycles. The second-order valence-electron chi connectivity index (χ2n) is 7.22. The number of likely N-dealkylation sites (tertiary alicyclic amines) is 1. The molecule has 0 spiro atoms. The van der Waals surface area contributed by atoms with Crippen LogP contribution in [0.2, 0.25) is 0 Å². The van der Waals surface area contributed by atoms with Gasteiger partial charge in [-0.3, -0.25) is 4.90 Å². The first-order valence-electron chi connectivity index (χ1n) is 7.38. The van der Waals surface area contributed by atoms with Gasteiger partial charge in [0.1, 0.15) is 16.6 Å². The molecule has 1 rings (SSSR count). The Bertz CT molecular complexity index is 433. The summed E-state index contributed by atoms with van der Waals surface area (Å²) >= 11 is 0. The first-order chi connectivity index (χ1) is 9.50. The van der Waals surface area contributed by atoms with Crippen LogP contribution in [-0.4, -0.2) is 32.1 Å². The van der Waals surface area contributed by atoms with Gasteiger partial charge in [0, 0.05) is 18.4 Å². The highest BCUT2D eigenvalue weighted by molar-refractivity contribution is 7.84. The molecule has 0 aromatic heterocycles. The smallest absolute Gasteiger partial charge is 0.414 e. The third-order valence-corrected chi connectivity index (χ3v) is 4.36. The predicted octanol–water partition coefficient (Wildman–Crippen LogP) is 3.30. The number of ether oxygens (including phenoxy) is 1. The number of hydrogen-bond donors (Lipinski definition) is 1. The minimum absolute atomic E-state index is 0.336. The lowest BCUT2D eigenvalue weighted by molar-refractivity contribution is 0.0285. The number of piperidine rings is 1. The summed E-state index contributed by atoms with van der Waals surface area (Å²) in [4.78, 5) is 13.9. The summed E-state index contributed by atoms with van der Waals surface area (Å²) in [5.74, 6) is 0. The Morgan fingerprint density at radius 2 is 1.86 bits per heavy atom. The average molecular weight is 316 g/mol. The second-order valence-corrected chi connectivity index (χ2v) is 9.22. The van der Waals surface area contributed by atoms with Gasteiger partial charge in [0.2, 0.25) is 0 Å². The van der Waals surface area contributed by atoms with Gasteiger partial charge in [0.25, 0.3) is 0 Å². The molecule has 1 unspecified atom stereocenters. The quantitative estimate of drug-likeness (QED) is 0.850. The average Bonchev–Trinajstić information content (AvgIpc) is 2.33. The van der Waals surface area contributed by atoms with Crippen molar-refractivity contribution in [3.63, 3.8) is 0 Å². The molecule has 1 N–H and O–H groups in total. The molecule has 1 fully saturated rings. The zero-order valence-electron chi connectivity index (χ0n) is 14.0. The van der Waals surface area contributed by atoms with E-state index in [0.29, 0.717) is 6.54 Å². The molecule has 5 nitrogen and oxygen atoms in total. The van der Waals surface area contributed by atoms with Crippen molar-refractivity contribution in [1.29, 1.82) is 0 Å². The standard InChI is InChI=1S/C15H28N2O3S/c1-14(2,3)20-13(18)17-10-8-7-9-12(17)11-16-21(19)15(4,5)6/h11,16H,7-10H2,1-6H3. The molecule has 0 aromatic carbocycles. The first-order valence-corrected chi connectivity index (χ1v) is 8.53. The molecule has 1 heterocycles. The maximum Gasteiger partial charge on any atom is 0.414 e. The van der Waals surface area contributed by atoms with Gasteiger partial charge in [0.15, 0.2) is 0 Å². The Kier molecular flexibility index (Phi) is 5.84. The number of hydrogen-bond acceptors (Lipinski definition) is 3. The number of carbonyl (C=O) groups excluding carboxylic acids is 1. The van der Waals surface area contributed by atoms with Crippen LogP contribution in [0.4, 0.5) is 4.79 Å². The number of carbonyl (C=O) groups is 1. The van der Waals surface area contributed by atoms with E-state index in [-0.39, 0.29) is 10.8 Å². The third kappa shape index (κ3) is 6.08. The Hall–Kier alpha value is -1.04. The maximum absolute atomic E-state index is 12.2. The van der Waals surface area contributed by atoms with Gasteiger partial charge in [-0.1, -0.05) is 0 Å². The van der Waals surface area contributed by atoms with Crippen LogP contribution >= 0.6 is 0 Å². The van der Waals surface area contributed by atoms with Gasteiger partial charge in [-0.2, -0.15) is 0 Å². The maximum atomic E-state index is 12.2. The Labute approximate surface area is 130 Å². The highest BCUT2D eigenvalue weighted by Crippen LogP contribution is 2.23. The van der Waals surface area contributed by atoms with Gasteiger partial charge < -0.3 is 9.46 Å². The van der Waals surface area contributed by atoms with Crippen LogP contribution in [0.1, 0.15) is 60.8 Å². The van der Waals surface area contributed by atoms with Crippen molar-refractivity contribution in [3.05, 3.63) is 11.9 Å². The molecule has 0 aromatic rings. The molecule has 6 heteroatoms. The summed E-state index contributed by atoms with van der Waals surface area (Å²) in [7, 11) is -1.19. The molecule has 0 radical (unpaired) electrons. The summed E-state index contributed by atoms with van der Waals surface area (Å²) in [5, 5.41) is 0. The zero-order valence-corrected chi connectivity index (χ0v) is 14.8. The number of nitrogens with zero attached hydrogens (tertiary/aromatic N) is 1. The summed E-state index contributed by atoms with van der Waals surface area (Å²) in [5.41, 5.74) is 0.328. The molecule has 21 heavy (non-hydrogen) atoms. The molecule has 1 amide bonds. The lowest BCUT2D eigenvalue weighted by Crippen LogP contribution is -2.39. The summed E-state index contributed by atoms with van der Waals surface area (Å²) in [6, 6.07) is 0. The van der Waals surface area contributed by atoms with Crippen LogP contribution in [0, 0.1) is 0 Å². The number of nitrogens with one attached hydrogen (secondary N) is 1. The fourth-order valence-electron chi connectivity index (χ4n) is 1.83. The SMILES string of the molecule is CC(C)(C)OC(=O)N1CCCCC1=CNS(=O)C(C)(C)C. The highest BCUT2D eigenvalue weighted by Gasteiger charge is 2.27.